The van der Waals surface area contributed by atoms with Gasteiger partial charge in [0.2, 0.25) is 0 Å². The third kappa shape index (κ3) is 3.00. The Morgan fingerprint density at radius 3 is 2.40 bits per heavy atom. The quantitative estimate of drug-likeness (QED) is 0.558. The molecular formula is C27H28N2O. The van der Waals surface area contributed by atoms with Crippen LogP contribution >= 0.6 is 0 Å². The minimum Gasteiger partial charge on any atom is -0.378 e. The molecule has 0 spiro atoms. The molecule has 0 fully saturated rings. The molecule has 3 aromatic carbocycles. The summed E-state index contributed by atoms with van der Waals surface area (Å²) in [6.45, 7) is 4.42. The van der Waals surface area contributed by atoms with E-state index in [2.05, 4.69) is 84.7 Å². The second-order valence-electron chi connectivity index (χ2n) is 9.61. The van der Waals surface area contributed by atoms with Crippen molar-refractivity contribution in [2.45, 2.75) is 32.7 Å². The van der Waals surface area contributed by atoms with Gasteiger partial charge >= 0.3 is 0 Å². The molecule has 0 amide bonds. The molecule has 1 aliphatic heterocycles. The molecule has 0 radical (unpaired) electrons. The molecule has 0 saturated heterocycles. The third-order valence-corrected chi connectivity index (χ3v) is 6.48. The van der Waals surface area contributed by atoms with E-state index in [1.807, 2.05) is 14.1 Å². The van der Waals surface area contributed by atoms with Crippen molar-refractivity contribution in [1.82, 2.24) is 0 Å². The second kappa shape index (κ2) is 6.73. The number of hydrogen-bond donors (Lipinski definition) is 1. The van der Waals surface area contributed by atoms with Crippen molar-refractivity contribution >= 4 is 33.5 Å². The first kappa shape index (κ1) is 18.9. The van der Waals surface area contributed by atoms with E-state index in [1.54, 1.807) is 0 Å². The Hall–Kier alpha value is -3.07. The van der Waals surface area contributed by atoms with Crippen LogP contribution in [-0.4, -0.2) is 19.9 Å². The minimum absolute atomic E-state index is 0.0270. The van der Waals surface area contributed by atoms with Crippen molar-refractivity contribution in [1.29, 1.82) is 0 Å². The Balaban J connectivity index is 1.73. The summed E-state index contributed by atoms with van der Waals surface area (Å²) in [6.07, 6.45) is 1.52. The zero-order valence-electron chi connectivity index (χ0n) is 18.1. The lowest BCUT2D eigenvalue weighted by Crippen LogP contribution is -2.33. The highest BCUT2D eigenvalue weighted by Gasteiger charge is 2.40. The number of Topliss-reactive ketones (excluding diaryl/α,β-unsaturated/α-hetero) is 1. The minimum atomic E-state index is -0.103. The molecule has 1 N–H and O–H groups in total. The number of nitrogens with zero attached hydrogens (tertiary/aromatic N) is 1. The Kier molecular flexibility index (Phi) is 4.25. The van der Waals surface area contributed by atoms with Crippen LogP contribution in [0.4, 0.5) is 11.4 Å². The topological polar surface area (TPSA) is 32.3 Å². The van der Waals surface area contributed by atoms with Gasteiger partial charge in [-0.25, -0.2) is 0 Å². The van der Waals surface area contributed by atoms with Gasteiger partial charge in [-0.1, -0.05) is 56.3 Å². The summed E-state index contributed by atoms with van der Waals surface area (Å²) < 4.78 is 0. The summed E-state index contributed by atoms with van der Waals surface area (Å²) >= 11 is 0. The van der Waals surface area contributed by atoms with E-state index in [-0.39, 0.29) is 17.2 Å². The van der Waals surface area contributed by atoms with E-state index in [9.17, 15) is 4.79 Å². The summed E-state index contributed by atoms with van der Waals surface area (Å²) in [7, 11) is 4.09. The molecule has 1 atom stereocenters. The van der Waals surface area contributed by atoms with Gasteiger partial charge in [-0.15, -0.1) is 0 Å². The van der Waals surface area contributed by atoms with Gasteiger partial charge in [0.05, 0.1) is 6.04 Å². The van der Waals surface area contributed by atoms with Crippen LogP contribution in [0.15, 0.2) is 66.2 Å². The number of rotatable bonds is 2. The Morgan fingerprint density at radius 1 is 0.933 bits per heavy atom. The van der Waals surface area contributed by atoms with E-state index in [0.29, 0.717) is 6.42 Å². The Labute approximate surface area is 178 Å². The number of carbonyl (C=O) groups excluding carboxylic acids is 1. The third-order valence-electron chi connectivity index (χ3n) is 6.48. The zero-order valence-corrected chi connectivity index (χ0v) is 18.1. The van der Waals surface area contributed by atoms with Crippen LogP contribution in [0.3, 0.4) is 0 Å². The number of hydrogen-bond acceptors (Lipinski definition) is 3. The van der Waals surface area contributed by atoms with Crippen molar-refractivity contribution in [3.8, 4) is 0 Å². The smallest absolute Gasteiger partial charge is 0.162 e. The van der Waals surface area contributed by atoms with E-state index in [1.165, 1.54) is 21.9 Å². The Bertz CT molecular complexity index is 1190. The van der Waals surface area contributed by atoms with Gasteiger partial charge < -0.3 is 10.2 Å². The SMILES string of the molecule is CN(C)c1ccc([C@H]2Nc3ccc4ccccc4c3C3=C2C(=O)CC(C)(C)C3)cc1. The number of ketones is 1. The van der Waals surface area contributed by atoms with Crippen LogP contribution in [0, 0.1) is 5.41 Å². The molecule has 152 valence electrons. The molecule has 5 rings (SSSR count). The Morgan fingerprint density at radius 2 is 1.67 bits per heavy atom. The summed E-state index contributed by atoms with van der Waals surface area (Å²) in [5, 5.41) is 6.16. The molecule has 0 saturated carbocycles. The number of fused-ring (bicyclic) bond motifs is 4. The molecular weight excluding hydrogens is 368 g/mol. The van der Waals surface area contributed by atoms with Gasteiger partial charge in [-0.2, -0.15) is 0 Å². The molecule has 3 nitrogen and oxygen atoms in total. The van der Waals surface area contributed by atoms with Gasteiger partial charge in [0, 0.05) is 43.0 Å². The van der Waals surface area contributed by atoms with E-state index >= 15 is 0 Å². The van der Waals surface area contributed by atoms with Crippen LogP contribution in [0.25, 0.3) is 16.3 Å². The summed E-state index contributed by atoms with van der Waals surface area (Å²) in [4.78, 5) is 15.5. The molecule has 0 aromatic heterocycles. The van der Waals surface area contributed by atoms with E-state index in [0.717, 1.165) is 28.9 Å². The number of carbonyl (C=O) groups is 1. The molecule has 0 bridgehead atoms. The average molecular weight is 397 g/mol. The van der Waals surface area contributed by atoms with Crippen LogP contribution in [0.2, 0.25) is 0 Å². The first-order valence-electron chi connectivity index (χ1n) is 10.7. The molecule has 3 heteroatoms. The number of nitrogens with one attached hydrogen (secondary N) is 1. The molecule has 2 aliphatic rings. The van der Waals surface area contributed by atoms with Gasteiger partial charge in [0.15, 0.2) is 5.78 Å². The average Bonchev–Trinajstić information content (AvgIpc) is 2.72. The lowest BCUT2D eigenvalue weighted by atomic mass is 9.68. The fraction of sp³-hybridized carbons (Fsp3) is 0.296. The van der Waals surface area contributed by atoms with E-state index in [4.69, 9.17) is 0 Å². The first-order valence-corrected chi connectivity index (χ1v) is 10.7. The molecule has 1 aliphatic carbocycles. The zero-order chi connectivity index (χ0) is 21.0. The monoisotopic (exact) mass is 396 g/mol. The first-order chi connectivity index (χ1) is 14.3. The molecule has 1 heterocycles. The standard InChI is InChI=1S/C27H28N2O/c1-27(2)15-21-24-20-8-6-5-7-17(20)11-14-22(24)28-26(25(21)23(30)16-27)18-9-12-19(13-10-18)29(3)4/h5-14,26,28H,15-16H2,1-4H3/t26-/m1/s1. The van der Waals surface area contributed by atoms with Gasteiger partial charge in [0.1, 0.15) is 0 Å². The van der Waals surface area contributed by atoms with Crippen molar-refractivity contribution in [2.75, 3.05) is 24.3 Å². The van der Waals surface area contributed by atoms with Gasteiger partial charge in [0.25, 0.3) is 0 Å². The maximum absolute atomic E-state index is 13.4. The van der Waals surface area contributed by atoms with E-state index < -0.39 is 0 Å². The highest BCUT2D eigenvalue weighted by atomic mass is 16.1. The fourth-order valence-corrected chi connectivity index (χ4v) is 5.05. The maximum Gasteiger partial charge on any atom is 0.162 e. The van der Waals surface area contributed by atoms with Crippen molar-refractivity contribution < 1.29 is 4.79 Å². The number of benzene rings is 3. The number of allylic oxidation sites excluding steroid dienone is 1. The predicted octanol–water partition coefficient (Wildman–Crippen LogP) is 6.22. The maximum atomic E-state index is 13.4. The van der Waals surface area contributed by atoms with Crippen LogP contribution in [-0.2, 0) is 4.79 Å². The van der Waals surface area contributed by atoms with Crippen LogP contribution < -0.4 is 10.2 Å². The summed E-state index contributed by atoms with van der Waals surface area (Å²) in [6, 6.07) is 21.3. The summed E-state index contributed by atoms with van der Waals surface area (Å²) in [5.41, 5.74) is 6.79. The van der Waals surface area contributed by atoms with Gasteiger partial charge in [-0.05, 0) is 51.9 Å². The fourth-order valence-electron chi connectivity index (χ4n) is 5.05. The lowest BCUT2D eigenvalue weighted by molar-refractivity contribution is -0.118. The van der Waals surface area contributed by atoms with Crippen molar-refractivity contribution in [2.24, 2.45) is 5.41 Å². The van der Waals surface area contributed by atoms with Crippen LogP contribution in [0.5, 0.6) is 0 Å². The predicted molar refractivity (Wildman–Crippen MR) is 126 cm³/mol. The normalized spacial score (nSPS) is 19.9. The summed E-state index contributed by atoms with van der Waals surface area (Å²) in [5.74, 6) is 0.272. The van der Waals surface area contributed by atoms with Crippen LogP contribution in [0.1, 0.15) is 43.9 Å². The molecule has 0 unspecified atom stereocenters. The van der Waals surface area contributed by atoms with Gasteiger partial charge in [-0.3, -0.25) is 4.79 Å². The largest absolute Gasteiger partial charge is 0.378 e. The highest BCUT2D eigenvalue weighted by Crippen LogP contribution is 2.52. The lowest BCUT2D eigenvalue weighted by Gasteiger charge is -2.40. The van der Waals surface area contributed by atoms with Crippen molar-refractivity contribution in [3.63, 3.8) is 0 Å². The van der Waals surface area contributed by atoms with Crippen molar-refractivity contribution in [3.05, 3.63) is 77.4 Å². The molecule has 30 heavy (non-hydrogen) atoms. The highest BCUT2D eigenvalue weighted by molar-refractivity contribution is 6.12. The number of anilines is 2. The second-order valence-corrected chi connectivity index (χ2v) is 9.61. The molecule has 3 aromatic rings.